The van der Waals surface area contributed by atoms with E-state index in [-0.39, 0.29) is 11.9 Å². The van der Waals surface area contributed by atoms with Crippen LogP contribution in [0.3, 0.4) is 0 Å². The highest BCUT2D eigenvalue weighted by Crippen LogP contribution is 2.10. The molecule has 1 fully saturated rings. The lowest BCUT2D eigenvalue weighted by molar-refractivity contribution is -0.136. The lowest BCUT2D eigenvalue weighted by Crippen LogP contribution is -2.50. The van der Waals surface area contributed by atoms with Crippen LogP contribution in [0.2, 0.25) is 0 Å². The van der Waals surface area contributed by atoms with Gasteiger partial charge < -0.3 is 15.0 Å². The number of carbonyl (C=O) groups excluding carboxylic acids is 1. The smallest absolute Gasteiger partial charge is 0.239 e. The van der Waals surface area contributed by atoms with Crippen LogP contribution in [0.4, 0.5) is 0 Å². The van der Waals surface area contributed by atoms with Gasteiger partial charge in [0.05, 0.1) is 19.3 Å². The molecule has 0 aromatic heterocycles. The fraction of sp³-hybridized carbons (Fsp3) is 0.750. The van der Waals surface area contributed by atoms with Crippen LogP contribution in [0.5, 0.6) is 0 Å². The molecule has 1 heterocycles. The standard InChI is InChI=1S/C12H22N2O2/c1-10(2)9-16-8-7-14-6-4-5-11(13-3)12(14)15/h11,13H,1,4-9H2,2-3H3. The summed E-state index contributed by atoms with van der Waals surface area (Å²) in [6, 6.07) is -0.00473. The molecular formula is C12H22N2O2. The van der Waals surface area contributed by atoms with Crippen LogP contribution in [-0.2, 0) is 9.53 Å². The number of rotatable bonds is 6. The summed E-state index contributed by atoms with van der Waals surface area (Å²) in [5, 5.41) is 3.05. The van der Waals surface area contributed by atoms with Crippen molar-refractivity contribution < 1.29 is 9.53 Å². The number of hydrogen-bond acceptors (Lipinski definition) is 3. The third-order valence-corrected chi connectivity index (χ3v) is 2.73. The molecule has 4 heteroatoms. The second kappa shape index (κ2) is 6.66. The van der Waals surface area contributed by atoms with Crippen molar-refractivity contribution in [3.63, 3.8) is 0 Å². The number of likely N-dealkylation sites (N-methyl/N-ethyl adjacent to an activating group) is 1. The van der Waals surface area contributed by atoms with Gasteiger partial charge in [-0.25, -0.2) is 0 Å². The van der Waals surface area contributed by atoms with E-state index >= 15 is 0 Å². The zero-order valence-corrected chi connectivity index (χ0v) is 10.3. The van der Waals surface area contributed by atoms with Gasteiger partial charge in [0, 0.05) is 13.1 Å². The van der Waals surface area contributed by atoms with E-state index in [0.717, 1.165) is 25.0 Å². The average Bonchev–Trinajstić information content (AvgIpc) is 2.26. The Kier molecular flexibility index (Phi) is 5.49. The van der Waals surface area contributed by atoms with Crippen LogP contribution in [0, 0.1) is 0 Å². The minimum Gasteiger partial charge on any atom is -0.375 e. The van der Waals surface area contributed by atoms with Gasteiger partial charge in [-0.15, -0.1) is 0 Å². The Bertz CT molecular complexity index is 253. The molecule has 0 spiro atoms. The van der Waals surface area contributed by atoms with E-state index < -0.39 is 0 Å². The summed E-state index contributed by atoms with van der Waals surface area (Å²) in [5.41, 5.74) is 1.01. The molecule has 1 amide bonds. The Morgan fingerprint density at radius 1 is 1.69 bits per heavy atom. The Hall–Kier alpha value is -0.870. The number of ether oxygens (including phenoxy) is 1. The summed E-state index contributed by atoms with van der Waals surface area (Å²) < 4.78 is 5.40. The summed E-state index contributed by atoms with van der Waals surface area (Å²) in [7, 11) is 1.84. The van der Waals surface area contributed by atoms with Gasteiger partial charge in [0.25, 0.3) is 0 Å². The molecule has 92 valence electrons. The largest absolute Gasteiger partial charge is 0.375 e. The van der Waals surface area contributed by atoms with Crippen molar-refractivity contribution in [3.8, 4) is 0 Å². The Morgan fingerprint density at radius 3 is 3.06 bits per heavy atom. The second-order valence-electron chi connectivity index (χ2n) is 4.32. The van der Waals surface area contributed by atoms with Gasteiger partial charge in [-0.2, -0.15) is 0 Å². The molecule has 1 aliphatic rings. The summed E-state index contributed by atoms with van der Waals surface area (Å²) in [6.45, 7) is 8.41. The highest BCUT2D eigenvalue weighted by atomic mass is 16.5. The van der Waals surface area contributed by atoms with Crippen LogP contribution in [0.25, 0.3) is 0 Å². The van der Waals surface area contributed by atoms with Gasteiger partial charge in [-0.05, 0) is 26.8 Å². The Morgan fingerprint density at radius 2 is 2.44 bits per heavy atom. The van der Waals surface area contributed by atoms with E-state index in [1.54, 1.807) is 0 Å². The van der Waals surface area contributed by atoms with Crippen molar-refractivity contribution in [2.45, 2.75) is 25.8 Å². The van der Waals surface area contributed by atoms with Crippen molar-refractivity contribution >= 4 is 5.91 Å². The minimum atomic E-state index is -0.00473. The fourth-order valence-electron chi connectivity index (χ4n) is 1.85. The van der Waals surface area contributed by atoms with E-state index in [0.29, 0.717) is 19.8 Å². The van der Waals surface area contributed by atoms with Crippen molar-refractivity contribution in [1.29, 1.82) is 0 Å². The maximum absolute atomic E-state index is 11.9. The number of likely N-dealkylation sites (tertiary alicyclic amines) is 1. The summed E-state index contributed by atoms with van der Waals surface area (Å²) in [5.74, 6) is 0.202. The SMILES string of the molecule is C=C(C)COCCN1CCCC(NC)C1=O. The molecule has 0 radical (unpaired) electrons. The molecule has 1 rings (SSSR count). The molecule has 4 nitrogen and oxygen atoms in total. The van der Waals surface area contributed by atoms with Crippen LogP contribution >= 0.6 is 0 Å². The molecule has 16 heavy (non-hydrogen) atoms. The monoisotopic (exact) mass is 226 g/mol. The van der Waals surface area contributed by atoms with Crippen molar-refractivity contribution in [2.75, 3.05) is 33.4 Å². The second-order valence-corrected chi connectivity index (χ2v) is 4.32. The van der Waals surface area contributed by atoms with Gasteiger partial charge in [0.15, 0.2) is 0 Å². The molecule has 1 saturated heterocycles. The number of nitrogens with one attached hydrogen (secondary N) is 1. The maximum atomic E-state index is 11.9. The molecule has 0 aliphatic carbocycles. The molecular weight excluding hydrogens is 204 g/mol. The molecule has 0 bridgehead atoms. The van der Waals surface area contributed by atoms with Crippen LogP contribution in [0.15, 0.2) is 12.2 Å². The van der Waals surface area contributed by atoms with Crippen LogP contribution in [0.1, 0.15) is 19.8 Å². The van der Waals surface area contributed by atoms with Gasteiger partial charge >= 0.3 is 0 Å². The number of nitrogens with zero attached hydrogens (tertiary/aromatic N) is 1. The lowest BCUT2D eigenvalue weighted by atomic mass is 10.1. The molecule has 1 atom stereocenters. The van der Waals surface area contributed by atoms with Crippen molar-refractivity contribution in [2.24, 2.45) is 0 Å². The molecule has 0 aromatic carbocycles. The normalized spacial score (nSPS) is 21.2. The average molecular weight is 226 g/mol. The van der Waals surface area contributed by atoms with Gasteiger partial charge in [0.2, 0.25) is 5.91 Å². The lowest BCUT2D eigenvalue weighted by Gasteiger charge is -2.32. The number of piperidine rings is 1. The van der Waals surface area contributed by atoms with E-state index in [4.69, 9.17) is 4.74 Å². The first kappa shape index (κ1) is 13.2. The maximum Gasteiger partial charge on any atom is 0.239 e. The van der Waals surface area contributed by atoms with Crippen LogP contribution < -0.4 is 5.32 Å². The first-order chi connectivity index (χ1) is 7.65. The first-order valence-electron chi connectivity index (χ1n) is 5.83. The summed E-state index contributed by atoms with van der Waals surface area (Å²) >= 11 is 0. The predicted molar refractivity (Wildman–Crippen MR) is 64.3 cm³/mol. The molecule has 1 unspecified atom stereocenters. The third kappa shape index (κ3) is 3.94. The zero-order valence-electron chi connectivity index (χ0n) is 10.3. The predicted octanol–water partition coefficient (Wildman–Crippen LogP) is 0.790. The molecule has 0 saturated carbocycles. The highest BCUT2D eigenvalue weighted by Gasteiger charge is 2.26. The van der Waals surface area contributed by atoms with E-state index in [1.165, 1.54) is 0 Å². The first-order valence-corrected chi connectivity index (χ1v) is 5.83. The topological polar surface area (TPSA) is 41.6 Å². The fourth-order valence-corrected chi connectivity index (χ4v) is 1.85. The van der Waals surface area contributed by atoms with E-state index in [1.807, 2.05) is 18.9 Å². The number of hydrogen-bond donors (Lipinski definition) is 1. The van der Waals surface area contributed by atoms with Crippen LogP contribution in [-0.4, -0.2) is 50.2 Å². The van der Waals surface area contributed by atoms with E-state index in [2.05, 4.69) is 11.9 Å². The van der Waals surface area contributed by atoms with Gasteiger partial charge in [-0.3, -0.25) is 4.79 Å². The minimum absolute atomic E-state index is 0.00473. The number of amides is 1. The van der Waals surface area contributed by atoms with Gasteiger partial charge in [0.1, 0.15) is 0 Å². The summed E-state index contributed by atoms with van der Waals surface area (Å²) in [6.07, 6.45) is 2.01. The molecule has 0 aromatic rings. The Balaban J connectivity index is 2.25. The Labute approximate surface area is 97.6 Å². The zero-order chi connectivity index (χ0) is 12.0. The number of carbonyl (C=O) groups is 1. The third-order valence-electron chi connectivity index (χ3n) is 2.73. The van der Waals surface area contributed by atoms with Gasteiger partial charge in [-0.1, -0.05) is 12.2 Å². The van der Waals surface area contributed by atoms with Crippen molar-refractivity contribution in [1.82, 2.24) is 10.2 Å². The quantitative estimate of drug-likeness (QED) is 0.538. The van der Waals surface area contributed by atoms with Crippen molar-refractivity contribution in [3.05, 3.63) is 12.2 Å². The summed E-state index contributed by atoms with van der Waals surface area (Å²) in [4.78, 5) is 13.8. The molecule has 1 N–H and O–H groups in total. The highest BCUT2D eigenvalue weighted by molar-refractivity contribution is 5.82. The van der Waals surface area contributed by atoms with E-state index in [9.17, 15) is 4.79 Å². The molecule has 1 aliphatic heterocycles.